The van der Waals surface area contributed by atoms with Gasteiger partial charge in [-0.25, -0.2) is 0 Å². The molecule has 1 heteroatoms. The summed E-state index contributed by atoms with van der Waals surface area (Å²) in [5, 5.41) is 9.10. The fraction of sp³-hybridized carbons (Fsp3) is 0. The van der Waals surface area contributed by atoms with Crippen LogP contribution in [0.1, 0.15) is 6.85 Å². The molecule has 1 nitrogen and oxygen atoms in total. The lowest BCUT2D eigenvalue weighted by molar-refractivity contribution is 0.487. The summed E-state index contributed by atoms with van der Waals surface area (Å²) >= 11 is 0. The summed E-state index contributed by atoms with van der Waals surface area (Å²) in [6.45, 7) is 0. The number of rotatable bonds is 2. The maximum Gasteiger partial charge on any atom is 0.135 e. The average molecular weight is 526 g/mol. The predicted octanol–water partition coefficient (Wildman–Crippen LogP) is 11.4. The van der Waals surface area contributed by atoms with Gasteiger partial charge in [-0.05, 0) is 102 Å². The van der Waals surface area contributed by atoms with Crippen molar-refractivity contribution in [3.05, 3.63) is 145 Å². The van der Waals surface area contributed by atoms with Crippen molar-refractivity contribution in [3.8, 4) is 44.9 Å². The van der Waals surface area contributed by atoms with E-state index in [9.17, 15) is 0 Å². The van der Waals surface area contributed by atoms with Gasteiger partial charge in [0.25, 0.3) is 0 Å². The molecular weight excluding hydrogens is 496 g/mol. The van der Waals surface area contributed by atoms with Crippen LogP contribution in [-0.4, -0.2) is 0 Å². The number of hydrogen-bond acceptors (Lipinski definition) is 1. The Morgan fingerprint density at radius 3 is 2.12 bits per heavy atom. The highest BCUT2D eigenvalue weighted by Crippen LogP contribution is 2.50. The Morgan fingerprint density at radius 1 is 0.439 bits per heavy atom. The van der Waals surface area contributed by atoms with E-state index in [1.807, 2.05) is 24.3 Å². The van der Waals surface area contributed by atoms with Gasteiger partial charge in [0.2, 0.25) is 0 Å². The van der Waals surface area contributed by atoms with E-state index < -0.39 is 6.04 Å². The van der Waals surface area contributed by atoms with Crippen LogP contribution in [0.2, 0.25) is 0 Å². The van der Waals surface area contributed by atoms with Gasteiger partial charge >= 0.3 is 0 Å². The van der Waals surface area contributed by atoms with Crippen LogP contribution in [0.3, 0.4) is 0 Å². The summed E-state index contributed by atoms with van der Waals surface area (Å²) in [6, 6.07) is 38.1. The molecule has 0 atom stereocenters. The first-order valence-electron chi connectivity index (χ1n) is 16.2. The van der Waals surface area contributed by atoms with Crippen molar-refractivity contribution in [3.63, 3.8) is 0 Å². The molecule has 0 N–H and O–H groups in total. The molecular formula is C40H24O. The summed E-state index contributed by atoms with van der Waals surface area (Å²) in [7, 11) is 0. The second-order valence-electron chi connectivity index (χ2n) is 10.5. The van der Waals surface area contributed by atoms with Crippen molar-refractivity contribution in [2.24, 2.45) is 0 Å². The van der Waals surface area contributed by atoms with Crippen LogP contribution in [0, 0.1) is 0 Å². The zero-order chi connectivity index (χ0) is 31.3. The third-order valence-electron chi connectivity index (χ3n) is 8.28. The van der Waals surface area contributed by atoms with Gasteiger partial charge in [0.15, 0.2) is 0 Å². The predicted molar refractivity (Wildman–Crippen MR) is 173 cm³/mol. The lowest BCUT2D eigenvalue weighted by Crippen LogP contribution is -1.98. The summed E-state index contributed by atoms with van der Waals surface area (Å²) in [5.74, 6) is 1.41. The first-order chi connectivity index (χ1) is 22.4. The molecule has 0 aliphatic carbocycles. The summed E-state index contributed by atoms with van der Waals surface area (Å²) in [4.78, 5) is 0. The number of ether oxygens (including phenoxy) is 1. The maximum absolute atomic E-state index is 8.60. The third-order valence-corrected chi connectivity index (χ3v) is 8.28. The molecule has 190 valence electrons. The zero-order valence-electron chi connectivity index (χ0n) is 26.9. The number of hydrogen-bond donors (Lipinski definition) is 0. The molecule has 0 radical (unpaired) electrons. The Kier molecular flexibility index (Phi) is 3.76. The minimum atomic E-state index is -0.404. The SMILES string of the molecule is [2H]c1c([2H])c([2H])c(-c2ccc3c(c2)-c2cc(-c4c5ccccc5cc5c4ccc4ccccc45)cc4cccc(c24)O3)c([2H])c1[2H]. The zero-order valence-corrected chi connectivity index (χ0v) is 21.9. The first kappa shape index (κ1) is 18.0. The van der Waals surface area contributed by atoms with E-state index in [2.05, 4.69) is 84.9 Å². The smallest absolute Gasteiger partial charge is 0.135 e. The lowest BCUT2D eigenvalue weighted by atomic mass is 9.86. The first-order valence-corrected chi connectivity index (χ1v) is 13.7. The van der Waals surface area contributed by atoms with Crippen LogP contribution in [0.5, 0.6) is 11.5 Å². The van der Waals surface area contributed by atoms with Crippen molar-refractivity contribution in [2.75, 3.05) is 0 Å². The Morgan fingerprint density at radius 2 is 1.22 bits per heavy atom. The minimum Gasteiger partial charge on any atom is -0.456 e. The molecule has 1 aliphatic rings. The van der Waals surface area contributed by atoms with Crippen LogP contribution in [0.15, 0.2) is 145 Å². The van der Waals surface area contributed by atoms with Gasteiger partial charge in [-0.3, -0.25) is 0 Å². The number of fused-ring (bicyclic) bond motifs is 6. The van der Waals surface area contributed by atoms with E-state index in [-0.39, 0.29) is 29.7 Å². The monoisotopic (exact) mass is 525 g/mol. The van der Waals surface area contributed by atoms with E-state index in [4.69, 9.17) is 11.6 Å². The molecule has 1 aliphatic heterocycles. The van der Waals surface area contributed by atoms with Crippen LogP contribution in [0.25, 0.3) is 76.5 Å². The van der Waals surface area contributed by atoms with Gasteiger partial charge in [-0.2, -0.15) is 0 Å². The molecule has 8 aromatic carbocycles. The second kappa shape index (κ2) is 8.55. The summed E-state index contributed by atoms with van der Waals surface area (Å²) in [5.41, 5.74) is 4.71. The third kappa shape index (κ3) is 3.36. The van der Waals surface area contributed by atoms with Crippen LogP contribution >= 0.6 is 0 Å². The molecule has 1 heterocycles. The molecule has 0 saturated carbocycles. The van der Waals surface area contributed by atoms with Gasteiger partial charge < -0.3 is 4.74 Å². The lowest BCUT2D eigenvalue weighted by Gasteiger charge is -2.23. The Bertz CT molecular complexity index is 2600. The quantitative estimate of drug-likeness (QED) is 0.161. The molecule has 0 spiro atoms. The van der Waals surface area contributed by atoms with Crippen LogP contribution in [0.4, 0.5) is 0 Å². The van der Waals surface area contributed by atoms with Crippen molar-refractivity contribution in [1.29, 1.82) is 0 Å². The van der Waals surface area contributed by atoms with E-state index in [1.54, 1.807) is 6.07 Å². The Labute approximate surface area is 244 Å². The van der Waals surface area contributed by atoms with Gasteiger partial charge in [0, 0.05) is 10.9 Å². The average Bonchev–Trinajstić information content (AvgIpc) is 3.09. The van der Waals surface area contributed by atoms with Gasteiger partial charge in [-0.15, -0.1) is 0 Å². The van der Waals surface area contributed by atoms with E-state index in [0.717, 1.165) is 49.5 Å². The molecule has 0 fully saturated rings. The summed E-state index contributed by atoms with van der Waals surface area (Å²) < 4.78 is 48.1. The van der Waals surface area contributed by atoms with E-state index in [0.29, 0.717) is 11.3 Å². The normalized spacial score (nSPS) is 13.8. The van der Waals surface area contributed by atoms with Gasteiger partial charge in [-0.1, -0.05) is 109 Å². The molecule has 0 bridgehead atoms. The molecule has 41 heavy (non-hydrogen) atoms. The molecule has 0 aromatic heterocycles. The maximum atomic E-state index is 8.60. The second-order valence-corrected chi connectivity index (χ2v) is 10.5. The van der Waals surface area contributed by atoms with E-state index in [1.165, 1.54) is 21.5 Å². The van der Waals surface area contributed by atoms with Crippen molar-refractivity contribution in [2.45, 2.75) is 0 Å². The topological polar surface area (TPSA) is 9.23 Å². The Balaban J connectivity index is 1.36. The molecule has 0 amide bonds. The minimum absolute atomic E-state index is 0.173. The van der Waals surface area contributed by atoms with Gasteiger partial charge in [0.05, 0.1) is 6.85 Å². The molecule has 0 saturated heterocycles. The molecule has 9 rings (SSSR count). The largest absolute Gasteiger partial charge is 0.456 e. The Hall–Kier alpha value is -5.40. The van der Waals surface area contributed by atoms with Gasteiger partial charge in [0.1, 0.15) is 11.5 Å². The number of benzene rings is 8. The van der Waals surface area contributed by atoms with Crippen molar-refractivity contribution >= 4 is 43.1 Å². The standard InChI is InChI=1S/C40H24O/c1-2-9-25(10-3-1)27-18-20-37-35(22-27)36-24-30(21-29-13-8-16-38(41-37)40(29)36)39-32-15-7-5-12-28(32)23-34-31-14-6-4-11-26(31)17-19-33(34)39/h1-24H/i1D,2D,3D,9D,10D. The molecule has 0 unspecified atom stereocenters. The fourth-order valence-electron chi connectivity index (χ4n) is 6.46. The fourth-order valence-corrected chi connectivity index (χ4v) is 6.46. The highest BCUT2D eigenvalue weighted by Gasteiger charge is 2.23. The molecule has 8 aromatic rings. The highest BCUT2D eigenvalue weighted by atomic mass is 16.5. The van der Waals surface area contributed by atoms with Crippen LogP contribution < -0.4 is 4.74 Å². The summed E-state index contributed by atoms with van der Waals surface area (Å²) in [6.07, 6.45) is 0. The van der Waals surface area contributed by atoms with Crippen LogP contribution in [-0.2, 0) is 0 Å². The van der Waals surface area contributed by atoms with Crippen molar-refractivity contribution in [1.82, 2.24) is 0 Å². The van der Waals surface area contributed by atoms with E-state index >= 15 is 0 Å². The highest BCUT2D eigenvalue weighted by molar-refractivity contribution is 6.21. The van der Waals surface area contributed by atoms with Crippen molar-refractivity contribution < 1.29 is 11.6 Å².